The molecule has 1 fully saturated rings. The third kappa shape index (κ3) is 5.16. The summed E-state index contributed by atoms with van der Waals surface area (Å²) in [5.41, 5.74) is 1.74. The van der Waals surface area contributed by atoms with Crippen molar-refractivity contribution in [3.8, 4) is 11.5 Å². The molecule has 0 saturated carbocycles. The average Bonchev–Trinajstić information content (AvgIpc) is 3.48. The van der Waals surface area contributed by atoms with Crippen molar-refractivity contribution in [2.75, 3.05) is 29.9 Å². The Kier molecular flexibility index (Phi) is 7.29. The summed E-state index contributed by atoms with van der Waals surface area (Å²) in [6.45, 7) is 9.59. The predicted octanol–water partition coefficient (Wildman–Crippen LogP) is 5.26. The Morgan fingerprint density at radius 3 is 2.83 bits per heavy atom. The van der Waals surface area contributed by atoms with Crippen LogP contribution in [0.1, 0.15) is 13.8 Å². The van der Waals surface area contributed by atoms with E-state index in [9.17, 15) is 4.79 Å². The van der Waals surface area contributed by atoms with Gasteiger partial charge in [-0.2, -0.15) is 5.10 Å². The zero-order chi connectivity index (χ0) is 29.4. The average molecular weight is 588 g/mol. The molecule has 4 aromatic heterocycles. The second-order valence-corrected chi connectivity index (χ2v) is 10.5. The van der Waals surface area contributed by atoms with Gasteiger partial charge in [0, 0.05) is 31.9 Å². The molecule has 1 N–H and O–H groups in total. The van der Waals surface area contributed by atoms with Crippen LogP contribution in [0.4, 0.5) is 21.7 Å². The monoisotopic (exact) mass is 587 g/mol. The Morgan fingerprint density at radius 2 is 2.02 bits per heavy atom. The van der Waals surface area contributed by atoms with Crippen LogP contribution in [-0.4, -0.2) is 66.0 Å². The van der Waals surface area contributed by atoms with Crippen molar-refractivity contribution in [2.24, 2.45) is 5.92 Å². The third-order valence-corrected chi connectivity index (χ3v) is 7.57. The number of halogens is 2. The van der Waals surface area contributed by atoms with Crippen molar-refractivity contribution in [3.63, 3.8) is 0 Å². The summed E-state index contributed by atoms with van der Waals surface area (Å²) in [4.78, 5) is 34.0. The predicted molar refractivity (Wildman–Crippen MR) is 158 cm³/mol. The number of piperazine rings is 1. The molecule has 13 heteroatoms. The first-order valence-electron chi connectivity index (χ1n) is 13.3. The second kappa shape index (κ2) is 11.2. The maximum Gasteiger partial charge on any atom is 0.246 e. The first-order chi connectivity index (χ1) is 20.3. The summed E-state index contributed by atoms with van der Waals surface area (Å²) in [7, 11) is 0. The van der Waals surface area contributed by atoms with Crippen molar-refractivity contribution in [2.45, 2.75) is 19.9 Å². The van der Waals surface area contributed by atoms with Crippen molar-refractivity contribution in [1.82, 2.24) is 34.4 Å². The molecular formula is C29H27ClFN9O2. The SMILES string of the molecule is C=CC(=O)N1CCN(c2ccc3ncnc(Nc4ccc(Oc5ccn6ncnc6c5)c(Cl)c4F)c3n2)C[C@@H]1C(C)C. The number of hydrogen-bond acceptors (Lipinski definition) is 9. The lowest BCUT2D eigenvalue weighted by Crippen LogP contribution is -2.57. The van der Waals surface area contributed by atoms with E-state index in [-0.39, 0.29) is 34.3 Å². The second-order valence-electron chi connectivity index (χ2n) is 10.1. The molecule has 1 aromatic carbocycles. The highest BCUT2D eigenvalue weighted by Gasteiger charge is 2.32. The number of aromatic nitrogens is 6. The molecule has 0 unspecified atom stereocenters. The Bertz CT molecular complexity index is 1810. The number of nitrogens with zero attached hydrogens (tertiary/aromatic N) is 8. The summed E-state index contributed by atoms with van der Waals surface area (Å²) in [5.74, 6) is 1.07. The Balaban J connectivity index is 1.26. The van der Waals surface area contributed by atoms with E-state index in [4.69, 9.17) is 21.3 Å². The number of carbonyl (C=O) groups excluding carboxylic acids is 1. The topological polar surface area (TPSA) is 114 Å². The van der Waals surface area contributed by atoms with Crippen molar-refractivity contribution < 1.29 is 13.9 Å². The standard InChI is InChI=1S/C29H27ClFN9O2/c1-4-25(41)39-12-11-38(14-21(39)17(2)3)23-8-6-20-28(37-23)29(34-15-32-20)36-19-5-7-22(26(30)27(19)31)42-18-9-10-40-24(13-18)33-16-35-40/h4-10,13,15-17,21H,1,11-12,14H2,2-3H3,(H,32,34,36)/t21-/m1/s1. The molecule has 1 atom stereocenters. The normalized spacial score (nSPS) is 15.4. The molecule has 1 saturated heterocycles. The first-order valence-corrected chi connectivity index (χ1v) is 13.7. The van der Waals surface area contributed by atoms with E-state index in [0.29, 0.717) is 53.7 Å². The zero-order valence-corrected chi connectivity index (χ0v) is 23.7. The number of nitrogens with one attached hydrogen (secondary N) is 1. The van der Waals surface area contributed by atoms with Gasteiger partial charge in [0.25, 0.3) is 0 Å². The molecule has 6 rings (SSSR count). The number of fused-ring (bicyclic) bond motifs is 2. The largest absolute Gasteiger partial charge is 0.455 e. The van der Waals surface area contributed by atoms with E-state index in [1.807, 2.05) is 17.0 Å². The smallest absolute Gasteiger partial charge is 0.246 e. The van der Waals surface area contributed by atoms with Crippen LogP contribution in [0.15, 0.2) is 67.9 Å². The molecule has 5 aromatic rings. The summed E-state index contributed by atoms with van der Waals surface area (Å²) in [5, 5.41) is 6.87. The number of rotatable bonds is 7. The summed E-state index contributed by atoms with van der Waals surface area (Å²) >= 11 is 6.38. The van der Waals surface area contributed by atoms with Gasteiger partial charge < -0.3 is 19.9 Å². The fourth-order valence-electron chi connectivity index (χ4n) is 5.00. The minimum atomic E-state index is -0.705. The number of benzene rings is 1. The van der Waals surface area contributed by atoms with E-state index in [2.05, 4.69) is 50.7 Å². The summed E-state index contributed by atoms with van der Waals surface area (Å²) in [6.07, 6.45) is 5.85. The van der Waals surface area contributed by atoms with Gasteiger partial charge in [-0.25, -0.2) is 28.8 Å². The van der Waals surface area contributed by atoms with E-state index >= 15 is 4.39 Å². The molecule has 5 heterocycles. The number of amides is 1. The van der Waals surface area contributed by atoms with Crippen LogP contribution < -0.4 is 15.0 Å². The van der Waals surface area contributed by atoms with Crippen LogP contribution >= 0.6 is 11.6 Å². The van der Waals surface area contributed by atoms with Crippen LogP contribution in [0, 0.1) is 11.7 Å². The van der Waals surface area contributed by atoms with E-state index in [1.165, 1.54) is 24.8 Å². The van der Waals surface area contributed by atoms with Gasteiger partial charge in [0.2, 0.25) is 5.91 Å². The lowest BCUT2D eigenvalue weighted by molar-refractivity contribution is -0.129. The van der Waals surface area contributed by atoms with Gasteiger partial charge in [-0.3, -0.25) is 4.79 Å². The summed E-state index contributed by atoms with van der Waals surface area (Å²) < 4.78 is 22.9. The minimum Gasteiger partial charge on any atom is -0.455 e. The third-order valence-electron chi connectivity index (χ3n) is 7.22. The number of carbonyl (C=O) groups is 1. The lowest BCUT2D eigenvalue weighted by Gasteiger charge is -2.43. The van der Waals surface area contributed by atoms with Crippen molar-refractivity contribution in [3.05, 3.63) is 78.7 Å². The molecule has 0 aliphatic carbocycles. The summed E-state index contributed by atoms with van der Waals surface area (Å²) in [6, 6.07) is 10.2. The van der Waals surface area contributed by atoms with Gasteiger partial charge in [-0.1, -0.05) is 32.0 Å². The minimum absolute atomic E-state index is 0.00150. The first kappa shape index (κ1) is 27.3. The van der Waals surface area contributed by atoms with E-state index < -0.39 is 5.82 Å². The van der Waals surface area contributed by atoms with Crippen molar-refractivity contribution in [1.29, 1.82) is 0 Å². The van der Waals surface area contributed by atoms with E-state index in [0.717, 1.165) is 0 Å². The van der Waals surface area contributed by atoms with Gasteiger partial charge in [-0.15, -0.1) is 0 Å². The van der Waals surface area contributed by atoms with Crippen LogP contribution in [0.2, 0.25) is 5.02 Å². The maximum absolute atomic E-state index is 15.5. The number of anilines is 3. The molecule has 0 spiro atoms. The molecule has 42 heavy (non-hydrogen) atoms. The fourth-order valence-corrected chi connectivity index (χ4v) is 5.20. The van der Waals surface area contributed by atoms with Gasteiger partial charge in [0.15, 0.2) is 17.3 Å². The van der Waals surface area contributed by atoms with Gasteiger partial charge >= 0.3 is 0 Å². The maximum atomic E-state index is 15.5. The number of pyridine rings is 2. The molecule has 1 aliphatic rings. The molecule has 214 valence electrons. The Morgan fingerprint density at radius 1 is 1.17 bits per heavy atom. The van der Waals surface area contributed by atoms with Gasteiger partial charge in [0.05, 0.1) is 17.2 Å². The molecule has 0 bridgehead atoms. The zero-order valence-electron chi connectivity index (χ0n) is 22.9. The lowest BCUT2D eigenvalue weighted by atomic mass is 9.99. The van der Waals surface area contributed by atoms with Gasteiger partial charge in [0.1, 0.15) is 40.5 Å². The highest BCUT2D eigenvalue weighted by atomic mass is 35.5. The molecule has 0 radical (unpaired) electrons. The molecule has 1 amide bonds. The van der Waals surface area contributed by atoms with Crippen molar-refractivity contribution >= 4 is 51.5 Å². The fraction of sp³-hybridized carbons (Fsp3) is 0.241. The highest BCUT2D eigenvalue weighted by Crippen LogP contribution is 2.37. The van der Waals surface area contributed by atoms with Crippen LogP contribution in [0.25, 0.3) is 16.7 Å². The van der Waals surface area contributed by atoms with Crippen LogP contribution in [0.3, 0.4) is 0 Å². The van der Waals surface area contributed by atoms with Crippen LogP contribution in [0.5, 0.6) is 11.5 Å². The Hall–Kier alpha value is -4.84. The molecule has 1 aliphatic heterocycles. The molecule has 11 nitrogen and oxygen atoms in total. The van der Waals surface area contributed by atoms with Crippen LogP contribution in [-0.2, 0) is 4.79 Å². The van der Waals surface area contributed by atoms with Gasteiger partial charge in [-0.05, 0) is 42.3 Å². The Labute approximate surface area is 245 Å². The quantitative estimate of drug-likeness (QED) is 0.255. The number of ether oxygens (including phenoxy) is 1. The molecular weight excluding hydrogens is 561 g/mol. The van der Waals surface area contributed by atoms with E-state index in [1.54, 1.807) is 28.9 Å². The number of hydrogen-bond donors (Lipinski definition) is 1. The highest BCUT2D eigenvalue weighted by molar-refractivity contribution is 6.32.